The summed E-state index contributed by atoms with van der Waals surface area (Å²) in [6.07, 6.45) is -0.145. The van der Waals surface area contributed by atoms with Gasteiger partial charge in [0, 0.05) is 0 Å². The number of benzene rings is 2. The molecule has 0 bridgehead atoms. The minimum Gasteiger partial charge on any atom is -0.462 e. The van der Waals surface area contributed by atoms with Crippen LogP contribution in [0.1, 0.15) is 13.8 Å². The van der Waals surface area contributed by atoms with Crippen LogP contribution in [0.15, 0.2) is 54.6 Å². The molecule has 3 rings (SSSR count). The zero-order valence-corrected chi connectivity index (χ0v) is 11.0. The van der Waals surface area contributed by atoms with Gasteiger partial charge in [0.2, 0.25) is 6.29 Å². The highest BCUT2D eigenvalue weighted by atomic mass is 16.8. The second kappa shape index (κ2) is 4.59. The Kier molecular flexibility index (Phi) is 2.91. The third kappa shape index (κ3) is 2.88. The summed E-state index contributed by atoms with van der Waals surface area (Å²) in [7, 11) is 0. The molecular formula is C16H16O3. The van der Waals surface area contributed by atoms with Crippen LogP contribution in [0, 0.1) is 0 Å². The highest BCUT2D eigenvalue weighted by molar-refractivity contribution is 5.35. The topological polar surface area (TPSA) is 31.0 Å². The minimum atomic E-state index is -0.167. The molecule has 1 fully saturated rings. The van der Waals surface area contributed by atoms with Gasteiger partial charge in [0.15, 0.2) is 0 Å². The predicted octanol–water partition coefficient (Wildman–Crippen LogP) is 3.99. The van der Waals surface area contributed by atoms with Gasteiger partial charge in [0.25, 0.3) is 0 Å². The first-order valence-corrected chi connectivity index (χ1v) is 6.31. The molecule has 3 heteroatoms. The zero-order valence-electron chi connectivity index (χ0n) is 11.0. The van der Waals surface area contributed by atoms with E-state index < -0.39 is 0 Å². The van der Waals surface area contributed by atoms with Crippen LogP contribution < -0.4 is 9.47 Å². The summed E-state index contributed by atoms with van der Waals surface area (Å²) in [4.78, 5) is 0. The Hall–Kier alpha value is -2.00. The molecule has 0 saturated carbocycles. The number of hydrogen-bond acceptors (Lipinski definition) is 3. The summed E-state index contributed by atoms with van der Waals surface area (Å²) in [5.41, 5.74) is -0.167. The fourth-order valence-corrected chi connectivity index (χ4v) is 1.74. The third-order valence-corrected chi connectivity index (χ3v) is 2.97. The molecule has 0 amide bonds. The molecule has 3 nitrogen and oxygen atoms in total. The first kappa shape index (κ1) is 12.1. The molecule has 2 aromatic rings. The average molecular weight is 256 g/mol. The molecule has 0 radical (unpaired) electrons. The molecule has 0 aromatic heterocycles. The van der Waals surface area contributed by atoms with Gasteiger partial charge >= 0.3 is 0 Å². The second-order valence-corrected chi connectivity index (χ2v) is 5.06. The summed E-state index contributed by atoms with van der Waals surface area (Å²) in [5, 5.41) is 0. The summed E-state index contributed by atoms with van der Waals surface area (Å²) in [5.74, 6) is 2.40. The molecule has 0 aliphatic carbocycles. The lowest BCUT2D eigenvalue weighted by Crippen LogP contribution is -2.09. The predicted molar refractivity (Wildman–Crippen MR) is 72.5 cm³/mol. The number of rotatable bonds is 4. The SMILES string of the molecule is CC1(C)OC1Oc1ccc(Oc2ccccc2)cc1. The van der Waals surface area contributed by atoms with Crippen molar-refractivity contribution in [2.24, 2.45) is 0 Å². The Morgan fingerprint density at radius 1 is 0.842 bits per heavy atom. The van der Waals surface area contributed by atoms with E-state index in [2.05, 4.69) is 0 Å². The molecule has 1 saturated heterocycles. The summed E-state index contributed by atoms with van der Waals surface area (Å²) in [6.45, 7) is 4.01. The maximum atomic E-state index is 5.71. The Labute approximate surface area is 112 Å². The van der Waals surface area contributed by atoms with Gasteiger partial charge in [-0.25, -0.2) is 0 Å². The van der Waals surface area contributed by atoms with Crippen molar-refractivity contribution in [3.05, 3.63) is 54.6 Å². The van der Waals surface area contributed by atoms with Crippen LogP contribution in [-0.2, 0) is 4.74 Å². The van der Waals surface area contributed by atoms with Crippen LogP contribution in [0.25, 0.3) is 0 Å². The van der Waals surface area contributed by atoms with Gasteiger partial charge in [-0.05, 0) is 50.2 Å². The number of ether oxygens (including phenoxy) is 3. The second-order valence-electron chi connectivity index (χ2n) is 5.06. The molecule has 1 aliphatic heterocycles. The molecule has 1 atom stereocenters. The molecule has 1 aliphatic rings. The van der Waals surface area contributed by atoms with Crippen molar-refractivity contribution in [2.75, 3.05) is 0 Å². The number of epoxide rings is 1. The van der Waals surface area contributed by atoms with Crippen LogP contribution in [0.4, 0.5) is 0 Å². The van der Waals surface area contributed by atoms with Gasteiger partial charge in [0.1, 0.15) is 22.8 Å². The molecule has 0 N–H and O–H groups in total. The van der Waals surface area contributed by atoms with Crippen molar-refractivity contribution in [1.29, 1.82) is 0 Å². The van der Waals surface area contributed by atoms with Crippen molar-refractivity contribution in [1.82, 2.24) is 0 Å². The van der Waals surface area contributed by atoms with Crippen molar-refractivity contribution in [2.45, 2.75) is 25.7 Å². The Morgan fingerprint density at radius 3 is 1.95 bits per heavy atom. The number of para-hydroxylation sites is 1. The van der Waals surface area contributed by atoms with Gasteiger partial charge in [0.05, 0.1) is 0 Å². The Balaban J connectivity index is 1.63. The van der Waals surface area contributed by atoms with Crippen molar-refractivity contribution in [3.8, 4) is 17.2 Å². The van der Waals surface area contributed by atoms with Gasteiger partial charge in [-0.2, -0.15) is 0 Å². The Bertz CT molecular complexity index is 546. The molecular weight excluding hydrogens is 240 g/mol. The van der Waals surface area contributed by atoms with Crippen LogP contribution in [-0.4, -0.2) is 11.9 Å². The monoisotopic (exact) mass is 256 g/mol. The lowest BCUT2D eigenvalue weighted by molar-refractivity contribution is 0.177. The highest BCUT2D eigenvalue weighted by Crippen LogP contribution is 2.37. The lowest BCUT2D eigenvalue weighted by atomic mass is 10.2. The third-order valence-electron chi connectivity index (χ3n) is 2.97. The fourth-order valence-electron chi connectivity index (χ4n) is 1.74. The van der Waals surface area contributed by atoms with E-state index in [-0.39, 0.29) is 11.9 Å². The van der Waals surface area contributed by atoms with E-state index in [1.54, 1.807) is 0 Å². The van der Waals surface area contributed by atoms with Crippen molar-refractivity contribution in [3.63, 3.8) is 0 Å². The van der Waals surface area contributed by atoms with Crippen LogP contribution >= 0.6 is 0 Å². The zero-order chi connectivity index (χ0) is 13.3. The van der Waals surface area contributed by atoms with E-state index in [1.165, 1.54) is 0 Å². The van der Waals surface area contributed by atoms with Gasteiger partial charge in [-0.15, -0.1) is 0 Å². The van der Waals surface area contributed by atoms with Gasteiger partial charge < -0.3 is 14.2 Å². The van der Waals surface area contributed by atoms with E-state index in [0.29, 0.717) is 0 Å². The fraction of sp³-hybridized carbons (Fsp3) is 0.250. The van der Waals surface area contributed by atoms with E-state index in [1.807, 2.05) is 68.4 Å². The largest absolute Gasteiger partial charge is 0.462 e. The standard InChI is InChI=1S/C16H16O3/c1-16(2)15(19-16)18-14-10-8-13(9-11-14)17-12-6-4-3-5-7-12/h3-11,15H,1-2H3. The summed E-state index contributed by atoms with van der Waals surface area (Å²) >= 11 is 0. The molecule has 1 unspecified atom stereocenters. The van der Waals surface area contributed by atoms with Gasteiger partial charge in [-0.1, -0.05) is 18.2 Å². The van der Waals surface area contributed by atoms with Crippen LogP contribution in [0.3, 0.4) is 0 Å². The summed E-state index contributed by atoms with van der Waals surface area (Å²) < 4.78 is 16.8. The van der Waals surface area contributed by atoms with E-state index in [9.17, 15) is 0 Å². The number of hydrogen-bond donors (Lipinski definition) is 0. The van der Waals surface area contributed by atoms with E-state index >= 15 is 0 Å². The van der Waals surface area contributed by atoms with Gasteiger partial charge in [-0.3, -0.25) is 0 Å². The molecule has 2 aromatic carbocycles. The minimum absolute atomic E-state index is 0.145. The van der Waals surface area contributed by atoms with Crippen molar-refractivity contribution >= 4 is 0 Å². The van der Waals surface area contributed by atoms with E-state index in [0.717, 1.165) is 17.2 Å². The van der Waals surface area contributed by atoms with Crippen molar-refractivity contribution < 1.29 is 14.2 Å². The van der Waals surface area contributed by atoms with E-state index in [4.69, 9.17) is 14.2 Å². The molecule has 1 heterocycles. The highest BCUT2D eigenvalue weighted by Gasteiger charge is 2.50. The normalized spacial score (nSPS) is 19.8. The quantitative estimate of drug-likeness (QED) is 0.775. The first-order chi connectivity index (χ1) is 9.13. The Morgan fingerprint density at radius 2 is 1.37 bits per heavy atom. The molecule has 98 valence electrons. The summed E-state index contributed by atoms with van der Waals surface area (Å²) in [6, 6.07) is 17.2. The molecule has 19 heavy (non-hydrogen) atoms. The van der Waals surface area contributed by atoms with Crippen LogP contribution in [0.2, 0.25) is 0 Å². The lowest BCUT2D eigenvalue weighted by Gasteiger charge is -2.07. The maximum absolute atomic E-state index is 5.71. The maximum Gasteiger partial charge on any atom is 0.229 e. The smallest absolute Gasteiger partial charge is 0.229 e. The van der Waals surface area contributed by atoms with Crippen LogP contribution in [0.5, 0.6) is 17.2 Å². The average Bonchev–Trinajstić information content (AvgIpc) is 3.00. The molecule has 0 spiro atoms. The first-order valence-electron chi connectivity index (χ1n) is 6.31.